The molecule has 0 fully saturated rings. The van der Waals surface area contributed by atoms with E-state index in [-0.39, 0.29) is 17.4 Å². The Hall–Kier alpha value is -1.53. The number of carboxylic acid groups (broad SMARTS) is 1. The summed E-state index contributed by atoms with van der Waals surface area (Å²) in [5.41, 5.74) is 1.32. The van der Waals surface area contributed by atoms with Crippen molar-refractivity contribution in [1.29, 1.82) is 0 Å². The van der Waals surface area contributed by atoms with Crippen LogP contribution in [0.1, 0.15) is 22.8 Å². The lowest BCUT2D eigenvalue weighted by molar-refractivity contribution is -0.118. The fourth-order valence-corrected chi connectivity index (χ4v) is 2.38. The van der Waals surface area contributed by atoms with Crippen molar-refractivity contribution < 1.29 is 19.4 Å². The minimum atomic E-state index is -1.03. The number of ether oxygens (including phenoxy) is 1. The summed E-state index contributed by atoms with van der Waals surface area (Å²) >= 11 is 1.59. The molecule has 1 aromatic carbocycles. The maximum Gasteiger partial charge on any atom is 0.335 e. The van der Waals surface area contributed by atoms with Gasteiger partial charge in [-0.2, -0.15) is 11.8 Å². The topological polar surface area (TPSA) is 75.6 Å². The van der Waals surface area contributed by atoms with Crippen LogP contribution in [0.2, 0.25) is 0 Å². The molecule has 1 rings (SSSR count). The molecule has 0 aliphatic carbocycles. The summed E-state index contributed by atoms with van der Waals surface area (Å²) < 4.78 is 5.00. The zero-order valence-electron chi connectivity index (χ0n) is 11.8. The Bertz CT molecular complexity index is 490. The molecule has 0 saturated heterocycles. The number of nitrogens with one attached hydrogen (secondary N) is 1. The molecule has 0 spiro atoms. The van der Waals surface area contributed by atoms with E-state index in [1.54, 1.807) is 17.8 Å². The van der Waals surface area contributed by atoms with E-state index in [0.29, 0.717) is 17.9 Å². The van der Waals surface area contributed by atoms with Gasteiger partial charge in [-0.25, -0.2) is 4.79 Å². The molecule has 0 aliphatic heterocycles. The lowest BCUT2D eigenvalue weighted by atomic mass is 10.1. The summed E-state index contributed by atoms with van der Waals surface area (Å²) in [6, 6.07) is 4.71. The predicted octanol–water partition coefficient (Wildman–Crippen LogP) is 2.47. The molecule has 0 aromatic heterocycles. The van der Waals surface area contributed by atoms with Gasteiger partial charge in [0.15, 0.2) is 0 Å². The molecule has 2 N–H and O–H groups in total. The van der Waals surface area contributed by atoms with Gasteiger partial charge in [0.2, 0.25) is 5.91 Å². The Kier molecular flexibility index (Phi) is 6.54. The van der Waals surface area contributed by atoms with E-state index in [0.717, 1.165) is 5.75 Å². The van der Waals surface area contributed by atoms with Gasteiger partial charge >= 0.3 is 5.97 Å². The van der Waals surface area contributed by atoms with Crippen LogP contribution in [0.3, 0.4) is 0 Å². The van der Waals surface area contributed by atoms with Crippen LogP contribution in [-0.2, 0) is 16.1 Å². The zero-order valence-corrected chi connectivity index (χ0v) is 12.6. The Balaban J connectivity index is 2.93. The smallest absolute Gasteiger partial charge is 0.335 e. The van der Waals surface area contributed by atoms with Crippen LogP contribution in [0.4, 0.5) is 5.69 Å². The lowest BCUT2D eigenvalue weighted by Gasteiger charge is -2.12. The minimum Gasteiger partial charge on any atom is -0.478 e. The molecular formula is C14H19NO4S. The summed E-state index contributed by atoms with van der Waals surface area (Å²) in [4.78, 5) is 23.0. The third kappa shape index (κ3) is 4.86. The Labute approximate surface area is 122 Å². The first kappa shape index (κ1) is 16.5. The van der Waals surface area contributed by atoms with Gasteiger partial charge in [-0.3, -0.25) is 4.79 Å². The average Bonchev–Trinajstić information content (AvgIpc) is 2.39. The molecule has 0 heterocycles. The summed E-state index contributed by atoms with van der Waals surface area (Å²) in [6.45, 7) is 2.13. The first-order valence-electron chi connectivity index (χ1n) is 6.14. The standard InChI is InChI=1S/C14H19NO4S/c1-9(8-20-3)13(16)15-12-5-10(7-19-2)4-11(6-12)14(17)18/h4-6,9H,7-8H2,1-3H3,(H,15,16)(H,17,18). The molecule has 1 atom stereocenters. The molecule has 0 radical (unpaired) electrons. The number of carboxylic acids is 1. The molecule has 0 saturated carbocycles. The van der Waals surface area contributed by atoms with E-state index in [1.165, 1.54) is 19.2 Å². The molecule has 1 unspecified atom stereocenters. The van der Waals surface area contributed by atoms with Crippen molar-refractivity contribution >= 4 is 29.3 Å². The second-order valence-electron chi connectivity index (χ2n) is 4.50. The van der Waals surface area contributed by atoms with E-state index >= 15 is 0 Å². The van der Waals surface area contributed by atoms with Crippen LogP contribution in [0, 0.1) is 5.92 Å². The van der Waals surface area contributed by atoms with Gasteiger partial charge in [-0.15, -0.1) is 0 Å². The first-order chi connectivity index (χ1) is 9.47. The van der Waals surface area contributed by atoms with Crippen LogP contribution in [0.25, 0.3) is 0 Å². The number of thioether (sulfide) groups is 1. The molecule has 0 aliphatic rings. The van der Waals surface area contributed by atoms with E-state index in [1.807, 2.05) is 13.2 Å². The number of methoxy groups -OCH3 is 1. The zero-order chi connectivity index (χ0) is 15.1. The highest BCUT2D eigenvalue weighted by molar-refractivity contribution is 7.98. The molecule has 1 amide bonds. The molecule has 20 heavy (non-hydrogen) atoms. The molecule has 1 aromatic rings. The van der Waals surface area contributed by atoms with Crippen LogP contribution in [-0.4, -0.2) is 36.1 Å². The van der Waals surface area contributed by atoms with Crippen LogP contribution in [0.5, 0.6) is 0 Å². The second kappa shape index (κ2) is 7.91. The van der Waals surface area contributed by atoms with Crippen molar-refractivity contribution in [3.05, 3.63) is 29.3 Å². The van der Waals surface area contributed by atoms with Gasteiger partial charge in [0, 0.05) is 24.5 Å². The Morgan fingerprint density at radius 1 is 1.40 bits per heavy atom. The monoisotopic (exact) mass is 297 g/mol. The number of hydrogen-bond acceptors (Lipinski definition) is 4. The number of hydrogen-bond donors (Lipinski definition) is 2. The summed E-state index contributed by atoms with van der Waals surface area (Å²) in [7, 11) is 1.53. The number of amides is 1. The van der Waals surface area contributed by atoms with Gasteiger partial charge in [0.25, 0.3) is 0 Å². The van der Waals surface area contributed by atoms with Crippen LogP contribution < -0.4 is 5.32 Å². The first-order valence-corrected chi connectivity index (χ1v) is 7.53. The molecule has 5 nitrogen and oxygen atoms in total. The number of aromatic carboxylic acids is 1. The summed E-state index contributed by atoms with van der Waals surface area (Å²) in [6.07, 6.45) is 1.94. The fourth-order valence-electron chi connectivity index (χ4n) is 1.73. The van der Waals surface area contributed by atoms with Crippen molar-refractivity contribution in [2.75, 3.05) is 24.4 Å². The largest absolute Gasteiger partial charge is 0.478 e. The van der Waals surface area contributed by atoms with E-state index in [9.17, 15) is 9.59 Å². The van der Waals surface area contributed by atoms with Gasteiger partial charge in [0.05, 0.1) is 12.2 Å². The number of carbonyl (C=O) groups excluding carboxylic acids is 1. The highest BCUT2D eigenvalue weighted by Crippen LogP contribution is 2.17. The summed E-state index contributed by atoms with van der Waals surface area (Å²) in [5.74, 6) is -0.569. The minimum absolute atomic E-state index is 0.120. The average molecular weight is 297 g/mol. The van der Waals surface area contributed by atoms with E-state index in [4.69, 9.17) is 9.84 Å². The van der Waals surface area contributed by atoms with Gasteiger partial charge in [-0.1, -0.05) is 6.92 Å². The molecule has 6 heteroatoms. The van der Waals surface area contributed by atoms with Crippen molar-refractivity contribution in [3.8, 4) is 0 Å². The normalized spacial score (nSPS) is 11.9. The third-order valence-electron chi connectivity index (χ3n) is 2.68. The lowest BCUT2D eigenvalue weighted by Crippen LogP contribution is -2.22. The van der Waals surface area contributed by atoms with E-state index in [2.05, 4.69) is 5.32 Å². The Morgan fingerprint density at radius 3 is 2.65 bits per heavy atom. The highest BCUT2D eigenvalue weighted by atomic mass is 32.2. The van der Waals surface area contributed by atoms with Gasteiger partial charge < -0.3 is 15.2 Å². The Morgan fingerprint density at radius 2 is 2.10 bits per heavy atom. The van der Waals surface area contributed by atoms with Crippen LogP contribution >= 0.6 is 11.8 Å². The maximum absolute atomic E-state index is 11.9. The maximum atomic E-state index is 11.9. The summed E-state index contributed by atoms with van der Waals surface area (Å²) in [5, 5.41) is 11.8. The molecule has 110 valence electrons. The van der Waals surface area contributed by atoms with Crippen molar-refractivity contribution in [2.24, 2.45) is 5.92 Å². The van der Waals surface area contributed by atoms with Gasteiger partial charge in [-0.05, 0) is 30.0 Å². The van der Waals surface area contributed by atoms with Crippen molar-refractivity contribution in [1.82, 2.24) is 0 Å². The van der Waals surface area contributed by atoms with Crippen molar-refractivity contribution in [2.45, 2.75) is 13.5 Å². The molecular weight excluding hydrogens is 278 g/mol. The van der Waals surface area contributed by atoms with E-state index < -0.39 is 5.97 Å². The second-order valence-corrected chi connectivity index (χ2v) is 5.41. The molecule has 0 bridgehead atoms. The highest BCUT2D eigenvalue weighted by Gasteiger charge is 2.14. The quantitative estimate of drug-likeness (QED) is 0.808. The number of carbonyl (C=O) groups is 2. The van der Waals surface area contributed by atoms with Crippen molar-refractivity contribution in [3.63, 3.8) is 0 Å². The number of benzene rings is 1. The number of rotatable bonds is 7. The van der Waals surface area contributed by atoms with Gasteiger partial charge in [0.1, 0.15) is 0 Å². The predicted molar refractivity (Wildman–Crippen MR) is 80.3 cm³/mol. The van der Waals surface area contributed by atoms with Crippen LogP contribution in [0.15, 0.2) is 18.2 Å². The number of anilines is 1. The SMILES string of the molecule is COCc1cc(NC(=O)C(C)CSC)cc(C(=O)O)c1. The third-order valence-corrected chi connectivity index (χ3v) is 3.52. The fraction of sp³-hybridized carbons (Fsp3) is 0.429.